The van der Waals surface area contributed by atoms with E-state index in [0.717, 1.165) is 37.3 Å². The van der Waals surface area contributed by atoms with E-state index >= 15 is 0 Å². The summed E-state index contributed by atoms with van der Waals surface area (Å²) in [6.45, 7) is 5.24. The molecule has 2 aliphatic heterocycles. The van der Waals surface area contributed by atoms with Gasteiger partial charge in [0, 0.05) is 38.6 Å². The Balaban J connectivity index is 1.34. The third-order valence-corrected chi connectivity index (χ3v) is 5.97. The third-order valence-electron chi connectivity index (χ3n) is 5.97. The number of rotatable bonds is 4. The molecule has 5 rings (SSSR count). The lowest BCUT2D eigenvalue weighted by atomic mass is 9.92. The van der Waals surface area contributed by atoms with Gasteiger partial charge in [0.25, 0.3) is 0 Å². The normalized spacial score (nSPS) is 28.3. The van der Waals surface area contributed by atoms with Crippen molar-refractivity contribution in [3.8, 4) is 0 Å². The van der Waals surface area contributed by atoms with Crippen LogP contribution in [0.1, 0.15) is 56.3 Å². The fourth-order valence-electron chi connectivity index (χ4n) is 4.33. The summed E-state index contributed by atoms with van der Waals surface area (Å²) in [5, 5.41) is 16.2. The fourth-order valence-corrected chi connectivity index (χ4v) is 4.33. The lowest BCUT2D eigenvalue weighted by Gasteiger charge is -2.36. The van der Waals surface area contributed by atoms with Crippen LogP contribution >= 0.6 is 0 Å². The molecule has 9 nitrogen and oxygen atoms in total. The summed E-state index contributed by atoms with van der Waals surface area (Å²) in [5.74, 6) is 3.69. The molecule has 1 aliphatic carbocycles. The maximum absolute atomic E-state index is 5.56. The SMILES string of the molecule is C[C@H](c1nc(C2CC2)no1)N1C[C@@H]2CCCN(c3nnnn3C)[C@H]2C1. The van der Waals surface area contributed by atoms with Gasteiger partial charge in [-0.2, -0.15) is 4.98 Å². The molecule has 2 aromatic heterocycles. The van der Waals surface area contributed by atoms with E-state index in [1.165, 1.54) is 25.7 Å². The highest BCUT2D eigenvalue weighted by Crippen LogP contribution is 2.40. The molecule has 3 aliphatic rings. The molecule has 2 saturated heterocycles. The third kappa shape index (κ3) is 2.61. The van der Waals surface area contributed by atoms with Crippen molar-refractivity contribution in [3.63, 3.8) is 0 Å². The van der Waals surface area contributed by atoms with E-state index in [2.05, 4.69) is 42.4 Å². The van der Waals surface area contributed by atoms with Crippen LogP contribution in [0.5, 0.6) is 0 Å². The first-order valence-electron chi connectivity index (χ1n) is 9.27. The topological polar surface area (TPSA) is 89.0 Å². The molecule has 4 heterocycles. The second kappa shape index (κ2) is 5.76. The number of hydrogen-bond acceptors (Lipinski definition) is 8. The minimum atomic E-state index is 0.157. The highest BCUT2D eigenvalue weighted by atomic mass is 16.5. The number of hydrogen-bond donors (Lipinski definition) is 0. The standard InChI is InChI=1S/C16H24N8O/c1-10(15-17-14(19-25-15)11-5-6-11)23-8-12-4-3-7-24(13(12)9-23)16-18-20-21-22(16)2/h10-13H,3-9H2,1-2H3/t10-,12+,13+/m1/s1. The highest BCUT2D eigenvalue weighted by Gasteiger charge is 2.43. The number of aryl methyl sites for hydroxylation is 1. The van der Waals surface area contributed by atoms with Crippen molar-refractivity contribution in [2.45, 2.75) is 50.6 Å². The van der Waals surface area contributed by atoms with Gasteiger partial charge in [0.1, 0.15) is 0 Å². The average Bonchev–Trinajstić information content (AvgIpc) is 3.03. The number of aromatic nitrogens is 6. The first-order valence-corrected chi connectivity index (χ1v) is 9.27. The van der Waals surface area contributed by atoms with Gasteiger partial charge < -0.3 is 9.42 Å². The van der Waals surface area contributed by atoms with Crippen molar-refractivity contribution in [2.75, 3.05) is 24.5 Å². The van der Waals surface area contributed by atoms with Crippen LogP contribution in [-0.2, 0) is 7.05 Å². The minimum absolute atomic E-state index is 0.157. The summed E-state index contributed by atoms with van der Waals surface area (Å²) >= 11 is 0. The van der Waals surface area contributed by atoms with Gasteiger partial charge >= 0.3 is 0 Å². The van der Waals surface area contributed by atoms with Crippen molar-refractivity contribution in [1.82, 2.24) is 35.2 Å². The van der Waals surface area contributed by atoms with E-state index in [9.17, 15) is 0 Å². The van der Waals surface area contributed by atoms with Crippen molar-refractivity contribution < 1.29 is 4.52 Å². The minimum Gasteiger partial charge on any atom is -0.338 e. The zero-order valence-corrected chi connectivity index (χ0v) is 14.7. The Hall–Kier alpha value is -2.03. The second-order valence-electron chi connectivity index (χ2n) is 7.66. The molecule has 0 radical (unpaired) electrons. The van der Waals surface area contributed by atoms with Crippen LogP contribution in [0.15, 0.2) is 4.52 Å². The second-order valence-corrected chi connectivity index (χ2v) is 7.66. The molecule has 1 saturated carbocycles. The highest BCUT2D eigenvalue weighted by molar-refractivity contribution is 5.33. The number of likely N-dealkylation sites (tertiary alicyclic amines) is 1. The monoisotopic (exact) mass is 344 g/mol. The summed E-state index contributed by atoms with van der Waals surface area (Å²) in [6, 6.07) is 0.608. The first-order chi connectivity index (χ1) is 12.2. The largest absolute Gasteiger partial charge is 0.338 e. The van der Waals surface area contributed by atoms with Crippen LogP contribution in [0.2, 0.25) is 0 Å². The van der Waals surface area contributed by atoms with Gasteiger partial charge in [-0.15, -0.1) is 0 Å². The van der Waals surface area contributed by atoms with Crippen LogP contribution in [0.4, 0.5) is 5.95 Å². The van der Waals surface area contributed by atoms with Gasteiger partial charge in [0.05, 0.1) is 6.04 Å². The van der Waals surface area contributed by atoms with E-state index in [-0.39, 0.29) is 6.04 Å². The van der Waals surface area contributed by atoms with E-state index in [0.29, 0.717) is 17.9 Å². The molecule has 9 heteroatoms. The maximum Gasteiger partial charge on any atom is 0.245 e. The number of fused-ring (bicyclic) bond motifs is 1. The number of piperidine rings is 1. The van der Waals surface area contributed by atoms with Crippen LogP contribution in [0, 0.1) is 5.92 Å². The zero-order chi connectivity index (χ0) is 17.0. The molecule has 25 heavy (non-hydrogen) atoms. The van der Waals surface area contributed by atoms with Gasteiger partial charge in [0.15, 0.2) is 5.82 Å². The first kappa shape index (κ1) is 15.2. The van der Waals surface area contributed by atoms with Crippen molar-refractivity contribution in [3.05, 3.63) is 11.7 Å². The molecule has 0 spiro atoms. The molecule has 0 unspecified atom stereocenters. The quantitative estimate of drug-likeness (QED) is 0.815. The van der Waals surface area contributed by atoms with Crippen LogP contribution in [0.3, 0.4) is 0 Å². The fraction of sp³-hybridized carbons (Fsp3) is 0.812. The van der Waals surface area contributed by atoms with E-state index in [1.807, 2.05) is 7.05 Å². The Morgan fingerprint density at radius 3 is 2.84 bits per heavy atom. The van der Waals surface area contributed by atoms with Gasteiger partial charge in [-0.3, -0.25) is 4.90 Å². The maximum atomic E-state index is 5.56. The smallest absolute Gasteiger partial charge is 0.245 e. The van der Waals surface area contributed by atoms with E-state index < -0.39 is 0 Å². The summed E-state index contributed by atoms with van der Waals surface area (Å²) < 4.78 is 7.33. The summed E-state index contributed by atoms with van der Waals surface area (Å²) in [6.07, 6.45) is 4.83. The predicted octanol–water partition coefficient (Wildman–Crippen LogP) is 1.13. The Morgan fingerprint density at radius 2 is 2.08 bits per heavy atom. The molecular formula is C16H24N8O. The summed E-state index contributed by atoms with van der Waals surface area (Å²) in [4.78, 5) is 9.50. The van der Waals surface area contributed by atoms with Gasteiger partial charge in [0.2, 0.25) is 11.8 Å². The Labute approximate surface area is 146 Å². The predicted molar refractivity (Wildman–Crippen MR) is 88.9 cm³/mol. The van der Waals surface area contributed by atoms with Gasteiger partial charge in [-0.25, -0.2) is 4.68 Å². The Kier molecular flexibility index (Phi) is 3.51. The molecule has 3 atom stereocenters. The van der Waals surface area contributed by atoms with Gasteiger partial charge in [-0.05, 0) is 49.0 Å². The summed E-state index contributed by atoms with van der Waals surface area (Å²) in [7, 11) is 1.91. The molecule has 2 aromatic rings. The molecule has 0 aromatic carbocycles. The molecule has 0 bridgehead atoms. The number of nitrogens with zero attached hydrogens (tertiary/aromatic N) is 8. The van der Waals surface area contributed by atoms with E-state index in [4.69, 9.17) is 4.52 Å². The Morgan fingerprint density at radius 1 is 1.20 bits per heavy atom. The van der Waals surface area contributed by atoms with Gasteiger partial charge in [-0.1, -0.05) is 10.3 Å². The Bertz CT molecular complexity index is 753. The average molecular weight is 344 g/mol. The van der Waals surface area contributed by atoms with E-state index in [1.54, 1.807) is 4.68 Å². The number of anilines is 1. The molecule has 3 fully saturated rings. The molecule has 0 N–H and O–H groups in total. The zero-order valence-electron chi connectivity index (χ0n) is 14.7. The number of tetrazole rings is 1. The lowest BCUT2D eigenvalue weighted by molar-refractivity contribution is 0.201. The van der Waals surface area contributed by atoms with Crippen LogP contribution in [0.25, 0.3) is 0 Å². The van der Waals surface area contributed by atoms with Crippen molar-refractivity contribution in [1.29, 1.82) is 0 Å². The molecular weight excluding hydrogens is 320 g/mol. The molecule has 0 amide bonds. The van der Waals surface area contributed by atoms with Crippen LogP contribution < -0.4 is 4.90 Å². The van der Waals surface area contributed by atoms with Crippen molar-refractivity contribution in [2.24, 2.45) is 13.0 Å². The van der Waals surface area contributed by atoms with Crippen molar-refractivity contribution >= 4 is 5.95 Å². The molecule has 134 valence electrons. The lowest BCUT2D eigenvalue weighted by Crippen LogP contribution is -2.46. The summed E-state index contributed by atoms with van der Waals surface area (Å²) in [5.41, 5.74) is 0. The van der Waals surface area contributed by atoms with Crippen LogP contribution in [-0.4, -0.2) is 60.9 Å².